The van der Waals surface area contributed by atoms with Gasteiger partial charge in [-0.2, -0.15) is 0 Å². The third-order valence-electron chi connectivity index (χ3n) is 3.25. The predicted octanol–water partition coefficient (Wildman–Crippen LogP) is 2.57. The first-order valence-corrected chi connectivity index (χ1v) is 7.55. The van der Waals surface area contributed by atoms with Gasteiger partial charge in [-0.25, -0.2) is 4.79 Å². The monoisotopic (exact) mass is 307 g/mol. The molecule has 0 bridgehead atoms. The Bertz CT molecular complexity index is 525. The van der Waals surface area contributed by atoms with E-state index in [-0.39, 0.29) is 12.5 Å². The maximum atomic E-state index is 11.7. The number of hydrogen-bond donors (Lipinski definition) is 1. The van der Waals surface area contributed by atoms with Crippen LogP contribution in [0.25, 0.3) is 0 Å². The summed E-state index contributed by atoms with van der Waals surface area (Å²) >= 11 is 0. The molecule has 1 rings (SSSR count). The zero-order chi connectivity index (χ0) is 16.7. The predicted molar refractivity (Wildman–Crippen MR) is 85.0 cm³/mol. The first kappa shape index (κ1) is 18.0. The fraction of sp³-hybridized carbons (Fsp3) is 0.529. The second-order valence-electron chi connectivity index (χ2n) is 5.49. The average molecular weight is 307 g/mol. The van der Waals surface area contributed by atoms with E-state index in [2.05, 4.69) is 19.2 Å². The van der Waals surface area contributed by atoms with Crippen LogP contribution in [0.2, 0.25) is 0 Å². The molecule has 1 amide bonds. The summed E-state index contributed by atoms with van der Waals surface area (Å²) in [5, 5.41) is 2.60. The molecule has 5 nitrogen and oxygen atoms in total. The van der Waals surface area contributed by atoms with Crippen molar-refractivity contribution >= 4 is 11.9 Å². The molecule has 0 spiro atoms. The smallest absolute Gasteiger partial charge is 0.344 e. The quantitative estimate of drug-likeness (QED) is 0.786. The van der Waals surface area contributed by atoms with Crippen molar-refractivity contribution in [2.45, 2.75) is 46.6 Å². The number of ether oxygens (including phenoxy) is 2. The normalized spacial score (nSPS) is 11.9. The van der Waals surface area contributed by atoms with Gasteiger partial charge in [-0.15, -0.1) is 0 Å². The first-order valence-electron chi connectivity index (χ1n) is 7.55. The minimum Gasteiger partial charge on any atom is -0.482 e. The Hall–Kier alpha value is -2.04. The lowest BCUT2D eigenvalue weighted by Crippen LogP contribution is -2.36. The summed E-state index contributed by atoms with van der Waals surface area (Å²) in [6.45, 7) is 9.73. The summed E-state index contributed by atoms with van der Waals surface area (Å²) in [4.78, 5) is 23.2. The molecule has 1 aromatic carbocycles. The van der Waals surface area contributed by atoms with E-state index in [0.29, 0.717) is 18.2 Å². The van der Waals surface area contributed by atoms with E-state index < -0.39 is 12.1 Å². The number of carbonyl (C=O) groups is 2. The van der Waals surface area contributed by atoms with Gasteiger partial charge in [0.2, 0.25) is 0 Å². The van der Waals surface area contributed by atoms with Crippen molar-refractivity contribution in [1.82, 2.24) is 5.32 Å². The molecule has 0 heterocycles. The van der Waals surface area contributed by atoms with Crippen molar-refractivity contribution in [3.8, 4) is 5.75 Å². The van der Waals surface area contributed by atoms with E-state index in [9.17, 15) is 9.59 Å². The molecule has 0 aliphatic heterocycles. The lowest BCUT2D eigenvalue weighted by Gasteiger charge is -2.15. The van der Waals surface area contributed by atoms with Gasteiger partial charge in [0, 0.05) is 6.54 Å². The van der Waals surface area contributed by atoms with Crippen LogP contribution in [0, 0.1) is 6.92 Å². The highest BCUT2D eigenvalue weighted by atomic mass is 16.6. The molecule has 0 saturated carbocycles. The lowest BCUT2D eigenvalue weighted by atomic mass is 10.0. The highest BCUT2D eigenvalue weighted by Gasteiger charge is 2.17. The first-order chi connectivity index (χ1) is 10.3. The lowest BCUT2D eigenvalue weighted by molar-refractivity contribution is -0.156. The number of nitrogens with one attached hydrogen (secondary N) is 1. The van der Waals surface area contributed by atoms with Crippen LogP contribution < -0.4 is 10.1 Å². The third kappa shape index (κ3) is 5.39. The molecule has 1 N–H and O–H groups in total. The number of esters is 1. The summed E-state index contributed by atoms with van der Waals surface area (Å²) in [5.41, 5.74) is 2.10. The largest absolute Gasteiger partial charge is 0.482 e. The van der Waals surface area contributed by atoms with Crippen LogP contribution in [0.1, 0.15) is 44.7 Å². The topological polar surface area (TPSA) is 64.6 Å². The van der Waals surface area contributed by atoms with Crippen LogP contribution in [-0.4, -0.2) is 31.1 Å². The minimum absolute atomic E-state index is 0.216. The number of likely N-dealkylation sites (N-methyl/N-ethyl adjacent to an activating group) is 1. The summed E-state index contributed by atoms with van der Waals surface area (Å²) in [5.74, 6) is 0.170. The summed E-state index contributed by atoms with van der Waals surface area (Å²) in [6.07, 6.45) is -0.820. The molecule has 1 aromatic rings. The van der Waals surface area contributed by atoms with E-state index >= 15 is 0 Å². The fourth-order valence-electron chi connectivity index (χ4n) is 1.87. The Morgan fingerprint density at radius 3 is 2.50 bits per heavy atom. The Labute approximate surface area is 132 Å². The fourth-order valence-corrected chi connectivity index (χ4v) is 1.87. The highest BCUT2D eigenvalue weighted by molar-refractivity contribution is 5.83. The molecule has 0 radical (unpaired) electrons. The van der Waals surface area contributed by atoms with Gasteiger partial charge >= 0.3 is 5.97 Å². The molecule has 0 aliphatic carbocycles. The Kier molecular flexibility index (Phi) is 6.89. The summed E-state index contributed by atoms with van der Waals surface area (Å²) in [7, 11) is 0. The van der Waals surface area contributed by atoms with Gasteiger partial charge in [-0.05, 0) is 43.9 Å². The average Bonchev–Trinajstić information content (AvgIpc) is 2.46. The van der Waals surface area contributed by atoms with Gasteiger partial charge in [0.15, 0.2) is 12.7 Å². The molecule has 122 valence electrons. The molecular formula is C17H25NO4. The molecular weight excluding hydrogens is 282 g/mol. The summed E-state index contributed by atoms with van der Waals surface area (Å²) in [6, 6.07) is 5.94. The third-order valence-corrected chi connectivity index (χ3v) is 3.25. The van der Waals surface area contributed by atoms with Crippen LogP contribution >= 0.6 is 0 Å². The van der Waals surface area contributed by atoms with Crippen molar-refractivity contribution in [3.63, 3.8) is 0 Å². The molecule has 0 fully saturated rings. The summed E-state index contributed by atoms with van der Waals surface area (Å²) < 4.78 is 10.6. The van der Waals surface area contributed by atoms with Gasteiger partial charge in [0.05, 0.1) is 0 Å². The molecule has 22 heavy (non-hydrogen) atoms. The van der Waals surface area contributed by atoms with E-state index in [4.69, 9.17) is 9.47 Å². The van der Waals surface area contributed by atoms with E-state index in [1.54, 1.807) is 6.92 Å². The van der Waals surface area contributed by atoms with Crippen LogP contribution in [-0.2, 0) is 14.3 Å². The zero-order valence-corrected chi connectivity index (χ0v) is 13.9. The second kappa shape index (κ2) is 8.41. The molecule has 1 atom stereocenters. The van der Waals surface area contributed by atoms with Gasteiger partial charge in [0.25, 0.3) is 5.91 Å². The molecule has 0 saturated heterocycles. The molecule has 0 unspecified atom stereocenters. The number of carbonyl (C=O) groups excluding carboxylic acids is 2. The number of aryl methyl sites for hydroxylation is 1. The van der Waals surface area contributed by atoms with Crippen molar-refractivity contribution in [2.24, 2.45) is 0 Å². The van der Waals surface area contributed by atoms with Gasteiger partial charge in [-0.1, -0.05) is 26.0 Å². The van der Waals surface area contributed by atoms with Gasteiger partial charge < -0.3 is 14.8 Å². The van der Waals surface area contributed by atoms with Gasteiger partial charge in [0.1, 0.15) is 5.75 Å². The molecule has 0 aromatic heterocycles. The number of rotatable bonds is 7. The standard InChI is InChI=1S/C17H25NO4/c1-6-18-17(20)13(5)22-16(19)10-21-15-9-14(11(2)3)8-7-12(15)4/h7-9,11,13H,6,10H2,1-5H3,(H,18,20)/t13-/m1/s1. The minimum atomic E-state index is -0.820. The van der Waals surface area contributed by atoms with Crippen molar-refractivity contribution < 1.29 is 19.1 Å². The molecule has 0 aliphatic rings. The Morgan fingerprint density at radius 1 is 1.23 bits per heavy atom. The van der Waals surface area contributed by atoms with E-state index in [1.807, 2.05) is 25.1 Å². The second-order valence-corrected chi connectivity index (χ2v) is 5.49. The highest BCUT2D eigenvalue weighted by Crippen LogP contribution is 2.24. The number of amides is 1. The van der Waals surface area contributed by atoms with Crippen LogP contribution in [0.4, 0.5) is 0 Å². The van der Waals surface area contributed by atoms with Crippen LogP contribution in [0.3, 0.4) is 0 Å². The number of hydrogen-bond acceptors (Lipinski definition) is 4. The maximum absolute atomic E-state index is 11.7. The van der Waals surface area contributed by atoms with Crippen molar-refractivity contribution in [1.29, 1.82) is 0 Å². The Morgan fingerprint density at radius 2 is 1.91 bits per heavy atom. The van der Waals surface area contributed by atoms with Crippen molar-refractivity contribution in [3.05, 3.63) is 29.3 Å². The zero-order valence-electron chi connectivity index (χ0n) is 13.9. The van der Waals surface area contributed by atoms with Gasteiger partial charge in [-0.3, -0.25) is 4.79 Å². The van der Waals surface area contributed by atoms with Crippen molar-refractivity contribution in [2.75, 3.05) is 13.2 Å². The van der Waals surface area contributed by atoms with Crippen LogP contribution in [0.15, 0.2) is 18.2 Å². The number of benzene rings is 1. The van der Waals surface area contributed by atoms with Crippen LogP contribution in [0.5, 0.6) is 5.75 Å². The SMILES string of the molecule is CCNC(=O)[C@@H](C)OC(=O)COc1cc(C(C)C)ccc1C. The Balaban J connectivity index is 2.57. The van der Waals surface area contributed by atoms with E-state index in [1.165, 1.54) is 6.92 Å². The molecule has 5 heteroatoms. The maximum Gasteiger partial charge on any atom is 0.344 e. The van der Waals surface area contributed by atoms with E-state index in [0.717, 1.165) is 11.1 Å².